The van der Waals surface area contributed by atoms with E-state index in [-0.39, 0.29) is 5.70 Å². The maximum absolute atomic E-state index is 11.1. The minimum absolute atomic E-state index is 0.180. The van der Waals surface area contributed by atoms with E-state index in [0.717, 1.165) is 0 Å². The molecule has 68 valence electrons. The zero-order valence-electron chi connectivity index (χ0n) is 7.63. The number of ether oxygens (including phenoxy) is 1. The van der Waals surface area contributed by atoms with Crippen LogP contribution in [0.15, 0.2) is 16.4 Å². The van der Waals surface area contributed by atoms with Crippen LogP contribution in [0.2, 0.25) is 0 Å². The van der Waals surface area contributed by atoms with E-state index in [1.807, 2.05) is 0 Å². The molecule has 0 unspecified atom stereocenters. The Labute approximate surface area is 72.1 Å². The van der Waals surface area contributed by atoms with Gasteiger partial charge >= 0.3 is 5.97 Å². The second kappa shape index (κ2) is 5.35. The number of aliphatic imine (C=N–C) groups is 1. The fourth-order valence-corrected chi connectivity index (χ4v) is 0.644. The Hall–Kier alpha value is -1.32. The molecule has 0 rings (SSSR count). The first kappa shape index (κ1) is 10.7. The third kappa shape index (κ3) is 3.18. The van der Waals surface area contributed by atoms with Gasteiger partial charge in [0, 0.05) is 11.9 Å². The summed E-state index contributed by atoms with van der Waals surface area (Å²) in [6, 6.07) is 0. The van der Waals surface area contributed by atoms with Crippen molar-refractivity contribution in [3.8, 4) is 0 Å². The summed E-state index contributed by atoms with van der Waals surface area (Å²) in [5, 5.41) is 0. The van der Waals surface area contributed by atoms with Gasteiger partial charge in [-0.3, -0.25) is 4.99 Å². The Balaban J connectivity index is 4.54. The molecule has 0 amide bonds. The normalized spacial score (nSPS) is 12.9. The third-order valence-corrected chi connectivity index (χ3v) is 1.10. The highest BCUT2D eigenvalue weighted by molar-refractivity contribution is 5.90. The predicted octanol–water partition coefficient (Wildman–Crippen LogP) is 0.830. The molecule has 0 heterocycles. The van der Waals surface area contributed by atoms with Gasteiger partial charge in [-0.1, -0.05) is 0 Å². The molecule has 0 aromatic heterocycles. The van der Waals surface area contributed by atoms with Gasteiger partial charge in [0.25, 0.3) is 0 Å². The monoisotopic (exact) mass is 170 g/mol. The van der Waals surface area contributed by atoms with Crippen LogP contribution in [0.25, 0.3) is 0 Å². The average Bonchev–Trinajstić information content (AvgIpc) is 1.99. The first-order valence-corrected chi connectivity index (χ1v) is 3.75. The van der Waals surface area contributed by atoms with E-state index in [0.29, 0.717) is 12.3 Å². The Morgan fingerprint density at radius 2 is 2.25 bits per heavy atom. The summed E-state index contributed by atoms with van der Waals surface area (Å²) in [5.41, 5.74) is 5.97. The van der Waals surface area contributed by atoms with E-state index in [4.69, 9.17) is 10.5 Å². The zero-order chi connectivity index (χ0) is 9.56. The SMILES string of the molecule is CC=N/C(C(=O)OCC)=C(/C)N. The Morgan fingerprint density at radius 1 is 1.67 bits per heavy atom. The standard InChI is InChI=1S/C8H14N2O2/c1-4-10-7(6(3)9)8(11)12-5-2/h4H,5,9H2,1-3H3/b7-6-,10-4?. The molecule has 0 saturated heterocycles. The van der Waals surface area contributed by atoms with Gasteiger partial charge < -0.3 is 10.5 Å². The molecule has 4 heteroatoms. The van der Waals surface area contributed by atoms with E-state index >= 15 is 0 Å². The maximum atomic E-state index is 11.1. The second-order valence-corrected chi connectivity index (χ2v) is 2.14. The number of hydrogen-bond donors (Lipinski definition) is 1. The zero-order valence-corrected chi connectivity index (χ0v) is 7.63. The van der Waals surface area contributed by atoms with Gasteiger partial charge in [0.1, 0.15) is 0 Å². The van der Waals surface area contributed by atoms with E-state index < -0.39 is 5.97 Å². The molecule has 12 heavy (non-hydrogen) atoms. The first-order chi connectivity index (χ1) is 5.63. The highest BCUT2D eigenvalue weighted by atomic mass is 16.5. The number of nitrogens with zero attached hydrogens (tertiary/aromatic N) is 1. The summed E-state index contributed by atoms with van der Waals surface area (Å²) in [6.45, 7) is 5.38. The molecular weight excluding hydrogens is 156 g/mol. The summed E-state index contributed by atoms with van der Waals surface area (Å²) in [4.78, 5) is 14.9. The van der Waals surface area contributed by atoms with E-state index in [9.17, 15) is 4.79 Å². The quantitative estimate of drug-likeness (QED) is 0.387. The molecule has 0 saturated carbocycles. The minimum Gasteiger partial charge on any atom is -0.461 e. The molecule has 2 N–H and O–H groups in total. The third-order valence-electron chi connectivity index (χ3n) is 1.10. The van der Waals surface area contributed by atoms with Gasteiger partial charge in [0.2, 0.25) is 0 Å². The van der Waals surface area contributed by atoms with Crippen molar-refractivity contribution in [3.05, 3.63) is 11.4 Å². The summed E-state index contributed by atoms with van der Waals surface area (Å²) >= 11 is 0. The van der Waals surface area contributed by atoms with Crippen LogP contribution in [0.4, 0.5) is 0 Å². The molecule has 0 fully saturated rings. The fraction of sp³-hybridized carbons (Fsp3) is 0.500. The molecule has 0 aromatic carbocycles. The summed E-state index contributed by atoms with van der Waals surface area (Å²) in [5.74, 6) is -0.476. The van der Waals surface area contributed by atoms with Crippen molar-refractivity contribution in [1.82, 2.24) is 0 Å². The van der Waals surface area contributed by atoms with E-state index in [1.54, 1.807) is 20.8 Å². The highest BCUT2D eigenvalue weighted by Gasteiger charge is 2.10. The second-order valence-electron chi connectivity index (χ2n) is 2.14. The molecule has 0 radical (unpaired) electrons. The minimum atomic E-state index is -0.476. The topological polar surface area (TPSA) is 64.7 Å². The van der Waals surface area contributed by atoms with Gasteiger partial charge in [0.05, 0.1) is 6.61 Å². The van der Waals surface area contributed by atoms with Crippen LogP contribution in [-0.4, -0.2) is 18.8 Å². The van der Waals surface area contributed by atoms with Crippen molar-refractivity contribution in [3.63, 3.8) is 0 Å². The summed E-state index contributed by atoms with van der Waals surface area (Å²) in [6.07, 6.45) is 1.50. The molecule has 0 aliphatic rings. The smallest absolute Gasteiger partial charge is 0.358 e. The van der Waals surface area contributed by atoms with Gasteiger partial charge in [-0.2, -0.15) is 0 Å². The van der Waals surface area contributed by atoms with Crippen LogP contribution >= 0.6 is 0 Å². The van der Waals surface area contributed by atoms with Gasteiger partial charge in [-0.05, 0) is 20.8 Å². The predicted molar refractivity (Wildman–Crippen MR) is 47.7 cm³/mol. The highest BCUT2D eigenvalue weighted by Crippen LogP contribution is 2.02. The Bertz CT molecular complexity index is 215. The largest absolute Gasteiger partial charge is 0.461 e. The van der Waals surface area contributed by atoms with Crippen molar-refractivity contribution < 1.29 is 9.53 Å². The summed E-state index contributed by atoms with van der Waals surface area (Å²) in [7, 11) is 0. The number of carbonyl (C=O) groups excluding carboxylic acids is 1. The number of allylic oxidation sites excluding steroid dienone is 1. The van der Waals surface area contributed by atoms with Crippen molar-refractivity contribution in [1.29, 1.82) is 0 Å². The van der Waals surface area contributed by atoms with Gasteiger partial charge in [-0.15, -0.1) is 0 Å². The van der Waals surface area contributed by atoms with Crippen LogP contribution in [-0.2, 0) is 9.53 Å². The maximum Gasteiger partial charge on any atom is 0.358 e. The molecule has 0 aliphatic carbocycles. The van der Waals surface area contributed by atoms with Gasteiger partial charge in [-0.25, -0.2) is 4.79 Å². The number of rotatable bonds is 3. The lowest BCUT2D eigenvalue weighted by molar-refractivity contribution is -0.138. The van der Waals surface area contributed by atoms with Crippen LogP contribution in [0.1, 0.15) is 20.8 Å². The van der Waals surface area contributed by atoms with Crippen molar-refractivity contribution in [2.45, 2.75) is 20.8 Å². The van der Waals surface area contributed by atoms with Crippen LogP contribution < -0.4 is 5.73 Å². The van der Waals surface area contributed by atoms with Gasteiger partial charge in [0.15, 0.2) is 5.70 Å². The fourth-order valence-electron chi connectivity index (χ4n) is 0.644. The van der Waals surface area contributed by atoms with E-state index in [1.165, 1.54) is 6.21 Å². The number of nitrogens with two attached hydrogens (primary N) is 1. The number of hydrogen-bond acceptors (Lipinski definition) is 4. The number of esters is 1. The molecule has 0 aliphatic heterocycles. The molecule has 0 bridgehead atoms. The Morgan fingerprint density at radius 3 is 2.58 bits per heavy atom. The molecule has 4 nitrogen and oxygen atoms in total. The van der Waals surface area contributed by atoms with Crippen molar-refractivity contribution >= 4 is 12.2 Å². The van der Waals surface area contributed by atoms with E-state index in [2.05, 4.69) is 4.99 Å². The van der Waals surface area contributed by atoms with Crippen molar-refractivity contribution in [2.24, 2.45) is 10.7 Å². The summed E-state index contributed by atoms with van der Waals surface area (Å²) < 4.78 is 4.73. The molecule has 0 spiro atoms. The van der Waals surface area contributed by atoms with Crippen LogP contribution in [0.3, 0.4) is 0 Å². The van der Waals surface area contributed by atoms with Crippen LogP contribution in [0.5, 0.6) is 0 Å². The average molecular weight is 170 g/mol. The van der Waals surface area contributed by atoms with Crippen molar-refractivity contribution in [2.75, 3.05) is 6.61 Å². The molecular formula is C8H14N2O2. The lowest BCUT2D eigenvalue weighted by atomic mass is 10.3. The first-order valence-electron chi connectivity index (χ1n) is 3.75. The Kier molecular flexibility index (Phi) is 4.76. The lowest BCUT2D eigenvalue weighted by Crippen LogP contribution is -2.11. The molecule has 0 aromatic rings. The van der Waals surface area contributed by atoms with Crippen LogP contribution in [0, 0.1) is 0 Å². The molecule has 0 atom stereocenters. The number of carbonyl (C=O) groups is 1. The lowest BCUT2D eigenvalue weighted by Gasteiger charge is -2.02.